The van der Waals surface area contributed by atoms with E-state index in [1.165, 1.54) is 24.3 Å². The van der Waals surface area contributed by atoms with E-state index in [9.17, 15) is 14.5 Å². The van der Waals surface area contributed by atoms with E-state index >= 15 is 0 Å². The van der Waals surface area contributed by atoms with Crippen LogP contribution in [0.3, 0.4) is 0 Å². The van der Waals surface area contributed by atoms with Gasteiger partial charge in [-0.05, 0) is 47.1 Å². The standard InChI is InChI=1S/C13H8Br2FNO3/c1-7-4-12(9(15)6-11(7)17(18)19)20-13-5-8(14)2-3-10(13)16/h2-6H,1H3. The second-order valence-corrected chi connectivity index (χ2v) is 5.77. The van der Waals surface area contributed by atoms with Crippen molar-refractivity contribution in [3.63, 3.8) is 0 Å². The number of hydrogen-bond acceptors (Lipinski definition) is 3. The van der Waals surface area contributed by atoms with E-state index < -0.39 is 10.7 Å². The lowest BCUT2D eigenvalue weighted by Gasteiger charge is -2.10. The molecule has 0 heterocycles. The highest BCUT2D eigenvalue weighted by atomic mass is 79.9. The molecule has 0 amide bonds. The quantitative estimate of drug-likeness (QED) is 0.511. The third-order valence-corrected chi connectivity index (χ3v) is 3.67. The molecule has 0 aliphatic carbocycles. The van der Waals surface area contributed by atoms with Crippen LogP contribution in [-0.4, -0.2) is 4.92 Å². The summed E-state index contributed by atoms with van der Waals surface area (Å²) in [5.41, 5.74) is 0.405. The van der Waals surface area contributed by atoms with Crippen molar-refractivity contribution in [2.24, 2.45) is 0 Å². The largest absolute Gasteiger partial charge is 0.453 e. The first-order valence-corrected chi connectivity index (χ1v) is 7.04. The zero-order valence-electron chi connectivity index (χ0n) is 10.2. The van der Waals surface area contributed by atoms with Gasteiger partial charge < -0.3 is 4.74 Å². The van der Waals surface area contributed by atoms with Crippen LogP contribution in [0.4, 0.5) is 10.1 Å². The lowest BCUT2D eigenvalue weighted by atomic mass is 10.2. The topological polar surface area (TPSA) is 52.4 Å². The summed E-state index contributed by atoms with van der Waals surface area (Å²) in [5, 5.41) is 10.8. The number of ether oxygens (including phenoxy) is 1. The fourth-order valence-electron chi connectivity index (χ4n) is 1.59. The highest BCUT2D eigenvalue weighted by molar-refractivity contribution is 9.10. The molecule has 0 atom stereocenters. The molecule has 0 saturated carbocycles. The summed E-state index contributed by atoms with van der Waals surface area (Å²) in [6.07, 6.45) is 0. The third kappa shape index (κ3) is 3.16. The van der Waals surface area contributed by atoms with Crippen LogP contribution in [-0.2, 0) is 0 Å². The third-order valence-electron chi connectivity index (χ3n) is 2.56. The molecule has 0 radical (unpaired) electrons. The van der Waals surface area contributed by atoms with E-state index in [2.05, 4.69) is 31.9 Å². The summed E-state index contributed by atoms with van der Waals surface area (Å²) in [6.45, 7) is 1.59. The number of aryl methyl sites for hydroxylation is 1. The van der Waals surface area contributed by atoms with Crippen LogP contribution in [0, 0.1) is 22.9 Å². The van der Waals surface area contributed by atoms with Gasteiger partial charge in [0.2, 0.25) is 0 Å². The maximum Gasteiger partial charge on any atom is 0.273 e. The maximum atomic E-state index is 13.6. The molecule has 0 N–H and O–H groups in total. The molecule has 0 unspecified atom stereocenters. The van der Waals surface area contributed by atoms with Crippen molar-refractivity contribution in [1.82, 2.24) is 0 Å². The molecule has 0 aliphatic heterocycles. The number of hydrogen-bond donors (Lipinski definition) is 0. The van der Waals surface area contributed by atoms with Crippen molar-refractivity contribution in [2.45, 2.75) is 6.92 Å². The molecule has 2 aromatic rings. The van der Waals surface area contributed by atoms with Crippen molar-refractivity contribution in [2.75, 3.05) is 0 Å². The Morgan fingerprint density at radius 1 is 1.20 bits per heavy atom. The molecule has 4 nitrogen and oxygen atoms in total. The molecule has 20 heavy (non-hydrogen) atoms. The van der Waals surface area contributed by atoms with Gasteiger partial charge in [0.25, 0.3) is 5.69 Å². The molecule has 7 heteroatoms. The summed E-state index contributed by atoms with van der Waals surface area (Å²) < 4.78 is 20.1. The van der Waals surface area contributed by atoms with Gasteiger partial charge in [-0.15, -0.1) is 0 Å². The number of nitro groups is 1. The number of nitrogens with zero attached hydrogens (tertiary/aromatic N) is 1. The Kier molecular flexibility index (Phi) is 4.39. The van der Waals surface area contributed by atoms with Crippen molar-refractivity contribution in [3.05, 3.63) is 60.8 Å². The first kappa shape index (κ1) is 14.9. The van der Waals surface area contributed by atoms with Crippen molar-refractivity contribution in [1.29, 1.82) is 0 Å². The Balaban J connectivity index is 2.42. The molecular weight excluding hydrogens is 397 g/mol. The van der Waals surface area contributed by atoms with E-state index in [-0.39, 0.29) is 11.4 Å². The molecule has 0 saturated heterocycles. The van der Waals surface area contributed by atoms with Crippen LogP contribution < -0.4 is 4.74 Å². The fraction of sp³-hybridized carbons (Fsp3) is 0.0769. The van der Waals surface area contributed by atoms with Gasteiger partial charge in [-0.3, -0.25) is 10.1 Å². The van der Waals surface area contributed by atoms with Crippen LogP contribution in [0.5, 0.6) is 11.5 Å². The van der Waals surface area contributed by atoms with Gasteiger partial charge in [-0.1, -0.05) is 15.9 Å². The minimum atomic E-state index is -0.517. The summed E-state index contributed by atoms with van der Waals surface area (Å²) in [6, 6.07) is 7.13. The average molecular weight is 405 g/mol. The first-order chi connectivity index (χ1) is 9.38. The molecule has 0 aromatic heterocycles. The van der Waals surface area contributed by atoms with Crippen LogP contribution in [0.2, 0.25) is 0 Å². The van der Waals surface area contributed by atoms with Crippen LogP contribution >= 0.6 is 31.9 Å². The summed E-state index contributed by atoms with van der Waals surface area (Å²) in [4.78, 5) is 10.3. The number of halogens is 3. The first-order valence-electron chi connectivity index (χ1n) is 5.46. The number of benzene rings is 2. The van der Waals surface area contributed by atoms with Gasteiger partial charge in [-0.2, -0.15) is 0 Å². The highest BCUT2D eigenvalue weighted by Crippen LogP contribution is 2.36. The van der Waals surface area contributed by atoms with E-state index in [0.29, 0.717) is 20.3 Å². The second-order valence-electron chi connectivity index (χ2n) is 4.00. The lowest BCUT2D eigenvalue weighted by molar-refractivity contribution is -0.385. The minimum absolute atomic E-state index is 0.0288. The number of rotatable bonds is 3. The Labute approximate surface area is 131 Å². The van der Waals surface area contributed by atoms with E-state index in [1.807, 2.05) is 0 Å². The molecule has 104 valence electrons. The van der Waals surface area contributed by atoms with Crippen molar-refractivity contribution >= 4 is 37.5 Å². The SMILES string of the molecule is Cc1cc(Oc2cc(Br)ccc2F)c(Br)cc1[N+](=O)[O-]. The van der Waals surface area contributed by atoms with Crippen molar-refractivity contribution in [3.8, 4) is 11.5 Å². The summed E-state index contributed by atoms with van der Waals surface area (Å²) >= 11 is 6.41. The molecule has 0 bridgehead atoms. The van der Waals surface area contributed by atoms with E-state index in [1.54, 1.807) is 13.0 Å². The van der Waals surface area contributed by atoms with Gasteiger partial charge in [0.1, 0.15) is 5.75 Å². The Morgan fingerprint density at radius 3 is 2.55 bits per heavy atom. The number of nitro benzene ring substituents is 1. The predicted molar refractivity (Wildman–Crippen MR) is 79.7 cm³/mol. The summed E-state index contributed by atoms with van der Waals surface area (Å²) in [5.74, 6) is -0.172. The molecule has 0 aliphatic rings. The van der Waals surface area contributed by atoms with Gasteiger partial charge >= 0.3 is 0 Å². The van der Waals surface area contributed by atoms with E-state index in [0.717, 1.165) is 0 Å². The van der Waals surface area contributed by atoms with Gasteiger partial charge in [0.15, 0.2) is 11.6 Å². The Morgan fingerprint density at radius 2 is 1.90 bits per heavy atom. The fourth-order valence-corrected chi connectivity index (χ4v) is 2.35. The van der Waals surface area contributed by atoms with Crippen LogP contribution in [0.1, 0.15) is 5.56 Å². The Hall–Kier alpha value is -1.47. The lowest BCUT2D eigenvalue weighted by Crippen LogP contribution is -1.95. The van der Waals surface area contributed by atoms with Crippen LogP contribution in [0.15, 0.2) is 39.3 Å². The van der Waals surface area contributed by atoms with Crippen LogP contribution in [0.25, 0.3) is 0 Å². The van der Waals surface area contributed by atoms with Gasteiger partial charge in [0, 0.05) is 16.1 Å². The molecule has 2 rings (SSSR count). The average Bonchev–Trinajstić information content (AvgIpc) is 2.37. The molecular formula is C13H8Br2FNO3. The monoisotopic (exact) mass is 403 g/mol. The highest BCUT2D eigenvalue weighted by Gasteiger charge is 2.16. The van der Waals surface area contributed by atoms with E-state index in [4.69, 9.17) is 4.74 Å². The molecule has 2 aromatic carbocycles. The second kappa shape index (κ2) is 5.88. The zero-order chi connectivity index (χ0) is 14.9. The molecule has 0 spiro atoms. The molecule has 0 fully saturated rings. The normalized spacial score (nSPS) is 10.4. The van der Waals surface area contributed by atoms with Gasteiger partial charge in [-0.25, -0.2) is 4.39 Å². The smallest absolute Gasteiger partial charge is 0.273 e. The minimum Gasteiger partial charge on any atom is -0.453 e. The predicted octanol–water partition coefficient (Wildman–Crippen LogP) is 5.36. The Bertz CT molecular complexity index is 692. The zero-order valence-corrected chi connectivity index (χ0v) is 13.4. The van der Waals surface area contributed by atoms with Crippen molar-refractivity contribution < 1.29 is 14.1 Å². The maximum absolute atomic E-state index is 13.6. The van der Waals surface area contributed by atoms with Gasteiger partial charge in [0.05, 0.1) is 9.40 Å². The summed E-state index contributed by atoms with van der Waals surface area (Å²) in [7, 11) is 0.